The topological polar surface area (TPSA) is 82.7 Å². The smallest absolute Gasteiger partial charge is 0.221 e. The van der Waals surface area contributed by atoms with Gasteiger partial charge in [0, 0.05) is 51.2 Å². The van der Waals surface area contributed by atoms with Crippen molar-refractivity contribution in [3.8, 4) is 22.3 Å². The Labute approximate surface area is 183 Å². The summed E-state index contributed by atoms with van der Waals surface area (Å²) in [5, 5.41) is 3.45. The number of anilines is 3. The summed E-state index contributed by atoms with van der Waals surface area (Å²) in [6.45, 7) is 3.68. The van der Waals surface area contributed by atoms with Gasteiger partial charge in [-0.05, 0) is 41.3 Å². The van der Waals surface area contributed by atoms with Crippen molar-refractivity contribution >= 4 is 23.8 Å². The molecule has 0 radical (unpaired) electrons. The van der Waals surface area contributed by atoms with Crippen LogP contribution < -0.4 is 16.0 Å². The van der Waals surface area contributed by atoms with Gasteiger partial charge in [-0.2, -0.15) is 4.98 Å². The summed E-state index contributed by atoms with van der Waals surface area (Å²) in [5.74, 6) is 1.04. The summed E-state index contributed by atoms with van der Waals surface area (Å²) in [6.07, 6.45) is 4.73. The normalized spacial score (nSPS) is 12.9. The first-order chi connectivity index (χ1) is 15.1. The van der Waals surface area contributed by atoms with E-state index in [0.29, 0.717) is 0 Å². The van der Waals surface area contributed by atoms with E-state index >= 15 is 0 Å². The number of nitrogens with two attached hydrogens (primary N) is 1. The number of hydrogen-bond donors (Lipinski definition) is 2. The summed E-state index contributed by atoms with van der Waals surface area (Å²) in [4.78, 5) is 17.3. The van der Waals surface area contributed by atoms with E-state index in [2.05, 4.69) is 92.7 Å². The molecule has 4 rings (SSSR count). The zero-order valence-electron chi connectivity index (χ0n) is 18.1. The largest absolute Gasteiger partial charge is 0.378 e. The number of aliphatic imine (C=N–C) groups is 1. The molecule has 0 amide bonds. The third-order valence-electron chi connectivity index (χ3n) is 5.35. The molecule has 7 heteroatoms. The Balaban J connectivity index is 1.54. The van der Waals surface area contributed by atoms with Crippen LogP contribution in [0.2, 0.25) is 0 Å². The molecule has 0 saturated carbocycles. The fraction of sp³-hybridized carbons (Fsp3) is 0.292. The van der Waals surface area contributed by atoms with E-state index in [1.165, 1.54) is 11.3 Å². The van der Waals surface area contributed by atoms with E-state index in [9.17, 15) is 0 Å². The van der Waals surface area contributed by atoms with Crippen molar-refractivity contribution in [2.75, 3.05) is 56.2 Å². The van der Waals surface area contributed by atoms with Gasteiger partial charge >= 0.3 is 0 Å². The van der Waals surface area contributed by atoms with E-state index in [1.54, 1.807) is 6.20 Å². The van der Waals surface area contributed by atoms with Crippen molar-refractivity contribution in [1.82, 2.24) is 14.9 Å². The van der Waals surface area contributed by atoms with Crippen molar-refractivity contribution in [3.63, 3.8) is 0 Å². The maximum atomic E-state index is 5.88. The van der Waals surface area contributed by atoms with Crippen LogP contribution in [-0.2, 0) is 0 Å². The first-order valence-electron chi connectivity index (χ1n) is 10.6. The van der Waals surface area contributed by atoms with Crippen LogP contribution in [0.3, 0.4) is 0 Å². The highest BCUT2D eigenvalue weighted by atomic mass is 15.2. The van der Waals surface area contributed by atoms with Crippen molar-refractivity contribution < 1.29 is 0 Å². The number of nitrogens with one attached hydrogen (secondary N) is 1. The summed E-state index contributed by atoms with van der Waals surface area (Å²) in [6, 6.07) is 17.0. The molecule has 0 atom stereocenters. The molecule has 3 N–H and O–H groups in total. The molecule has 3 aromatic rings. The lowest BCUT2D eigenvalue weighted by molar-refractivity contribution is 0.461. The molecule has 1 aliphatic heterocycles. The van der Waals surface area contributed by atoms with E-state index in [4.69, 9.17) is 5.73 Å². The molecular weight excluding hydrogens is 386 g/mol. The lowest BCUT2D eigenvalue weighted by atomic mass is 9.99. The molecule has 0 aliphatic carbocycles. The Morgan fingerprint density at radius 3 is 2.61 bits per heavy atom. The first-order valence-corrected chi connectivity index (χ1v) is 10.6. The Bertz CT molecular complexity index is 1060. The number of hydrogen-bond acceptors (Lipinski definition) is 7. The lowest BCUT2D eigenvalue weighted by Crippen LogP contribution is -2.22. The number of nitrogens with zero attached hydrogens (tertiary/aromatic N) is 5. The fourth-order valence-corrected chi connectivity index (χ4v) is 3.65. The Hall–Kier alpha value is -3.61. The van der Waals surface area contributed by atoms with Gasteiger partial charge in [0.25, 0.3) is 0 Å². The maximum absolute atomic E-state index is 5.88. The zero-order valence-corrected chi connectivity index (χ0v) is 18.1. The minimum Gasteiger partial charge on any atom is -0.378 e. The van der Waals surface area contributed by atoms with Gasteiger partial charge in [0.05, 0.1) is 12.9 Å². The van der Waals surface area contributed by atoms with Crippen LogP contribution in [-0.4, -0.2) is 61.5 Å². The van der Waals surface area contributed by atoms with Crippen LogP contribution in [0.1, 0.15) is 6.42 Å². The van der Waals surface area contributed by atoms with Gasteiger partial charge in [0.2, 0.25) is 5.95 Å². The van der Waals surface area contributed by atoms with Gasteiger partial charge < -0.3 is 20.9 Å². The van der Waals surface area contributed by atoms with Crippen molar-refractivity contribution in [2.45, 2.75) is 6.42 Å². The highest BCUT2D eigenvalue weighted by molar-refractivity contribution is 5.80. The zero-order chi connectivity index (χ0) is 21.6. The summed E-state index contributed by atoms with van der Waals surface area (Å²) in [5.41, 5.74) is 11.4. The van der Waals surface area contributed by atoms with E-state index in [-0.39, 0.29) is 5.95 Å². The van der Waals surface area contributed by atoms with Crippen LogP contribution in [0, 0.1) is 0 Å². The first kappa shape index (κ1) is 20.7. The van der Waals surface area contributed by atoms with Gasteiger partial charge in [-0.3, -0.25) is 4.99 Å². The highest BCUT2D eigenvalue weighted by Gasteiger charge is 2.11. The number of benzene rings is 2. The molecule has 0 unspecified atom stereocenters. The minimum absolute atomic E-state index is 0.271. The number of rotatable bonds is 8. The second-order valence-electron chi connectivity index (χ2n) is 7.85. The average molecular weight is 416 g/mol. The SMILES string of the molecule is CN(C)c1cccc(-c2cccc(-c3cnc(N)nc3NCCCN3C=NCC3)c2)c1. The molecule has 31 heavy (non-hydrogen) atoms. The molecule has 1 aliphatic rings. The summed E-state index contributed by atoms with van der Waals surface area (Å²) < 4.78 is 0. The van der Waals surface area contributed by atoms with E-state index in [1.807, 2.05) is 6.34 Å². The molecular formula is C24H29N7. The standard InChI is InChI=1S/C24H29N7/c1-30(2)21-9-4-7-19(15-21)18-6-3-8-20(14-18)22-16-28-24(25)29-23(22)27-10-5-12-31-13-11-26-17-31/h3-4,6-9,14-17H,5,10-13H2,1-2H3,(H3,25,27,28,29). The average Bonchev–Trinajstić information content (AvgIpc) is 3.31. The van der Waals surface area contributed by atoms with Crippen LogP contribution in [0.25, 0.3) is 22.3 Å². The minimum atomic E-state index is 0.271. The molecule has 0 spiro atoms. The monoisotopic (exact) mass is 415 g/mol. The predicted octanol–water partition coefficient (Wildman–Crippen LogP) is 3.60. The van der Waals surface area contributed by atoms with Crippen molar-refractivity contribution in [2.24, 2.45) is 4.99 Å². The molecule has 0 saturated heterocycles. The van der Waals surface area contributed by atoms with E-state index < -0.39 is 0 Å². The maximum Gasteiger partial charge on any atom is 0.221 e. The predicted molar refractivity (Wildman–Crippen MR) is 130 cm³/mol. The third-order valence-corrected chi connectivity index (χ3v) is 5.35. The molecule has 0 bridgehead atoms. The Morgan fingerprint density at radius 2 is 1.84 bits per heavy atom. The Morgan fingerprint density at radius 1 is 1.06 bits per heavy atom. The molecule has 0 fully saturated rings. The second kappa shape index (κ2) is 9.47. The van der Waals surface area contributed by atoms with Gasteiger partial charge in [0.15, 0.2) is 0 Å². The molecule has 2 heterocycles. The second-order valence-corrected chi connectivity index (χ2v) is 7.85. The summed E-state index contributed by atoms with van der Waals surface area (Å²) in [7, 11) is 4.10. The van der Waals surface area contributed by atoms with Gasteiger partial charge in [0.1, 0.15) is 5.82 Å². The molecule has 2 aromatic carbocycles. The Kier molecular flexibility index (Phi) is 6.31. The van der Waals surface area contributed by atoms with Gasteiger partial charge in [-0.1, -0.05) is 30.3 Å². The van der Waals surface area contributed by atoms with Crippen LogP contribution in [0.15, 0.2) is 59.7 Å². The lowest BCUT2D eigenvalue weighted by Gasteiger charge is -2.16. The quantitative estimate of drug-likeness (QED) is 0.547. The summed E-state index contributed by atoms with van der Waals surface area (Å²) >= 11 is 0. The number of nitrogen functional groups attached to an aromatic ring is 1. The van der Waals surface area contributed by atoms with Crippen LogP contribution in [0.5, 0.6) is 0 Å². The molecule has 1 aromatic heterocycles. The van der Waals surface area contributed by atoms with Gasteiger partial charge in [-0.25, -0.2) is 4.98 Å². The third kappa shape index (κ3) is 5.12. The fourth-order valence-electron chi connectivity index (χ4n) is 3.65. The molecule has 160 valence electrons. The van der Waals surface area contributed by atoms with Gasteiger partial charge in [-0.15, -0.1) is 0 Å². The van der Waals surface area contributed by atoms with Crippen LogP contribution >= 0.6 is 0 Å². The van der Waals surface area contributed by atoms with Crippen LogP contribution in [0.4, 0.5) is 17.5 Å². The highest BCUT2D eigenvalue weighted by Crippen LogP contribution is 2.31. The van der Waals surface area contributed by atoms with Crippen molar-refractivity contribution in [1.29, 1.82) is 0 Å². The number of aromatic nitrogens is 2. The van der Waals surface area contributed by atoms with Crippen molar-refractivity contribution in [3.05, 3.63) is 54.7 Å². The van der Waals surface area contributed by atoms with E-state index in [0.717, 1.165) is 55.1 Å². The molecule has 7 nitrogen and oxygen atoms in total.